The van der Waals surface area contributed by atoms with E-state index in [0.717, 1.165) is 19.3 Å². The molecular weight excluding hydrogens is 214 g/mol. The molecular formula is C10H21NO3S. The summed E-state index contributed by atoms with van der Waals surface area (Å²) in [6.07, 6.45) is 6.17. The zero-order valence-corrected chi connectivity index (χ0v) is 10.4. The Morgan fingerprint density at radius 1 is 1.07 bits per heavy atom. The molecule has 0 rings (SSSR count). The van der Waals surface area contributed by atoms with E-state index in [4.69, 9.17) is 0 Å². The first kappa shape index (κ1) is 14.4. The molecule has 0 radical (unpaired) electrons. The van der Waals surface area contributed by atoms with E-state index in [1.54, 1.807) is 0 Å². The average molecular weight is 235 g/mol. The number of hydrogen-bond acceptors (Lipinski definition) is 3. The second-order valence-corrected chi connectivity index (χ2v) is 5.59. The van der Waals surface area contributed by atoms with Crippen LogP contribution in [0.4, 0.5) is 0 Å². The summed E-state index contributed by atoms with van der Waals surface area (Å²) in [5.74, 6) is -0.459. The number of carbonyl (C=O) groups is 1. The molecule has 0 unspecified atom stereocenters. The van der Waals surface area contributed by atoms with Gasteiger partial charge in [-0.15, -0.1) is 0 Å². The van der Waals surface area contributed by atoms with E-state index >= 15 is 0 Å². The number of nitrogens with one attached hydrogen (secondary N) is 1. The van der Waals surface area contributed by atoms with E-state index in [0.29, 0.717) is 6.42 Å². The van der Waals surface area contributed by atoms with Gasteiger partial charge in [-0.05, 0) is 6.42 Å². The second kappa shape index (κ2) is 7.68. The number of unbranched alkanes of at least 4 members (excludes halogenated alkanes) is 5. The van der Waals surface area contributed by atoms with Crippen molar-refractivity contribution in [3.05, 3.63) is 0 Å². The highest BCUT2D eigenvalue weighted by molar-refractivity contribution is 7.90. The Morgan fingerprint density at radius 3 is 2.13 bits per heavy atom. The Balaban J connectivity index is 3.54. The topological polar surface area (TPSA) is 63.2 Å². The van der Waals surface area contributed by atoms with Crippen LogP contribution in [-0.4, -0.2) is 20.1 Å². The first-order chi connectivity index (χ1) is 6.98. The van der Waals surface area contributed by atoms with Gasteiger partial charge in [-0.3, -0.25) is 9.52 Å². The summed E-state index contributed by atoms with van der Waals surface area (Å²) in [6.45, 7) is 3.35. The Labute approximate surface area is 92.5 Å². The van der Waals surface area contributed by atoms with Crippen LogP contribution in [0.2, 0.25) is 0 Å². The van der Waals surface area contributed by atoms with Gasteiger partial charge in [0.15, 0.2) is 0 Å². The minimum atomic E-state index is -3.37. The van der Waals surface area contributed by atoms with Gasteiger partial charge in [-0.25, -0.2) is 8.42 Å². The van der Waals surface area contributed by atoms with Crippen LogP contribution in [0.3, 0.4) is 0 Å². The Morgan fingerprint density at radius 2 is 1.60 bits per heavy atom. The van der Waals surface area contributed by atoms with E-state index in [1.807, 2.05) is 4.72 Å². The SMILES string of the molecule is CCCCCCCCS(=O)(=O)NC(C)=O. The number of amides is 1. The van der Waals surface area contributed by atoms with Gasteiger partial charge in [0, 0.05) is 6.92 Å². The molecule has 0 aliphatic heterocycles. The fourth-order valence-corrected chi connectivity index (χ4v) is 2.47. The molecule has 0 spiro atoms. The first-order valence-corrected chi connectivity index (χ1v) is 7.14. The fraction of sp³-hybridized carbons (Fsp3) is 0.900. The monoisotopic (exact) mass is 235 g/mol. The van der Waals surface area contributed by atoms with Crippen molar-refractivity contribution in [3.8, 4) is 0 Å². The van der Waals surface area contributed by atoms with Gasteiger partial charge < -0.3 is 0 Å². The van der Waals surface area contributed by atoms with Crippen LogP contribution in [0.15, 0.2) is 0 Å². The van der Waals surface area contributed by atoms with E-state index in [2.05, 4.69) is 6.92 Å². The largest absolute Gasteiger partial charge is 0.274 e. The predicted molar refractivity (Wildman–Crippen MR) is 61.0 cm³/mol. The molecule has 0 saturated carbocycles. The summed E-state index contributed by atoms with van der Waals surface area (Å²) in [5, 5.41) is 0. The maximum Gasteiger partial charge on any atom is 0.234 e. The fourth-order valence-electron chi connectivity index (χ4n) is 1.34. The number of hydrogen-bond donors (Lipinski definition) is 1. The number of rotatable bonds is 8. The first-order valence-electron chi connectivity index (χ1n) is 5.49. The minimum Gasteiger partial charge on any atom is -0.274 e. The van der Waals surface area contributed by atoms with Crippen molar-refractivity contribution in [2.24, 2.45) is 0 Å². The molecule has 1 N–H and O–H groups in total. The zero-order valence-electron chi connectivity index (χ0n) is 9.58. The lowest BCUT2D eigenvalue weighted by Gasteiger charge is -2.04. The Kier molecular flexibility index (Phi) is 7.38. The third-order valence-corrected chi connectivity index (χ3v) is 3.49. The van der Waals surface area contributed by atoms with Gasteiger partial charge in [0.1, 0.15) is 0 Å². The summed E-state index contributed by atoms with van der Waals surface area (Å²) in [5.41, 5.74) is 0. The Bertz CT molecular complexity index is 272. The van der Waals surface area contributed by atoms with Gasteiger partial charge in [0.2, 0.25) is 15.9 Å². The van der Waals surface area contributed by atoms with E-state index in [1.165, 1.54) is 19.8 Å². The molecule has 0 aromatic heterocycles. The maximum atomic E-state index is 11.2. The quantitative estimate of drug-likeness (QED) is 0.653. The molecule has 15 heavy (non-hydrogen) atoms. The van der Waals surface area contributed by atoms with Crippen molar-refractivity contribution in [1.29, 1.82) is 0 Å². The van der Waals surface area contributed by atoms with Crippen LogP contribution in [-0.2, 0) is 14.8 Å². The highest BCUT2D eigenvalue weighted by Gasteiger charge is 2.10. The van der Waals surface area contributed by atoms with Crippen molar-refractivity contribution < 1.29 is 13.2 Å². The smallest absolute Gasteiger partial charge is 0.234 e. The van der Waals surface area contributed by atoms with Crippen molar-refractivity contribution in [2.45, 2.75) is 52.4 Å². The van der Waals surface area contributed by atoms with Crippen molar-refractivity contribution in [1.82, 2.24) is 4.72 Å². The van der Waals surface area contributed by atoms with Gasteiger partial charge in [0.25, 0.3) is 0 Å². The summed E-state index contributed by atoms with van der Waals surface area (Å²) in [6, 6.07) is 0. The molecule has 0 aliphatic rings. The molecule has 0 saturated heterocycles. The van der Waals surface area contributed by atoms with Crippen molar-refractivity contribution in [2.75, 3.05) is 5.75 Å². The zero-order chi connectivity index (χ0) is 11.7. The lowest BCUT2D eigenvalue weighted by Crippen LogP contribution is -2.30. The Hall–Kier alpha value is -0.580. The van der Waals surface area contributed by atoms with Crippen LogP contribution >= 0.6 is 0 Å². The molecule has 0 aromatic rings. The molecule has 0 atom stereocenters. The highest BCUT2D eigenvalue weighted by atomic mass is 32.2. The van der Waals surface area contributed by atoms with Gasteiger partial charge in [-0.2, -0.15) is 0 Å². The lowest BCUT2D eigenvalue weighted by atomic mass is 10.1. The van der Waals surface area contributed by atoms with Crippen LogP contribution in [0.25, 0.3) is 0 Å². The number of sulfonamides is 1. The second-order valence-electron chi connectivity index (χ2n) is 3.74. The third-order valence-electron chi connectivity index (χ3n) is 2.07. The summed E-state index contributed by atoms with van der Waals surface area (Å²) in [4.78, 5) is 10.5. The summed E-state index contributed by atoms with van der Waals surface area (Å²) >= 11 is 0. The van der Waals surface area contributed by atoms with Gasteiger partial charge >= 0.3 is 0 Å². The number of carbonyl (C=O) groups excluding carboxylic acids is 1. The normalized spacial score (nSPS) is 11.3. The molecule has 0 aromatic carbocycles. The van der Waals surface area contributed by atoms with Crippen LogP contribution in [0, 0.1) is 0 Å². The predicted octanol–water partition coefficient (Wildman–Crippen LogP) is 1.81. The minimum absolute atomic E-state index is 0.0543. The van der Waals surface area contributed by atoms with E-state index in [9.17, 15) is 13.2 Å². The van der Waals surface area contributed by atoms with E-state index in [-0.39, 0.29) is 5.75 Å². The molecule has 90 valence electrons. The van der Waals surface area contributed by atoms with Gasteiger partial charge in [0.05, 0.1) is 5.75 Å². The average Bonchev–Trinajstić information content (AvgIpc) is 2.08. The summed E-state index contributed by atoms with van der Waals surface area (Å²) < 4.78 is 24.4. The van der Waals surface area contributed by atoms with Crippen LogP contribution in [0.1, 0.15) is 52.4 Å². The van der Waals surface area contributed by atoms with Crippen LogP contribution < -0.4 is 4.72 Å². The molecule has 4 nitrogen and oxygen atoms in total. The van der Waals surface area contributed by atoms with Crippen molar-refractivity contribution in [3.63, 3.8) is 0 Å². The summed E-state index contributed by atoms with van der Waals surface area (Å²) in [7, 11) is -3.37. The molecule has 1 amide bonds. The van der Waals surface area contributed by atoms with Gasteiger partial charge in [-0.1, -0.05) is 39.0 Å². The highest BCUT2D eigenvalue weighted by Crippen LogP contribution is 2.05. The lowest BCUT2D eigenvalue weighted by molar-refractivity contribution is -0.117. The molecule has 0 fully saturated rings. The molecule has 5 heteroatoms. The molecule has 0 heterocycles. The van der Waals surface area contributed by atoms with Crippen LogP contribution in [0.5, 0.6) is 0 Å². The van der Waals surface area contributed by atoms with Crippen molar-refractivity contribution >= 4 is 15.9 Å². The molecule has 0 bridgehead atoms. The standard InChI is InChI=1S/C10H21NO3S/c1-3-4-5-6-7-8-9-15(13,14)11-10(2)12/h3-9H2,1-2H3,(H,11,12). The maximum absolute atomic E-state index is 11.2. The molecule has 0 aliphatic carbocycles. The third kappa shape index (κ3) is 9.72. The van der Waals surface area contributed by atoms with E-state index < -0.39 is 15.9 Å².